The van der Waals surface area contributed by atoms with E-state index < -0.39 is 11.5 Å². The lowest BCUT2D eigenvalue weighted by atomic mass is 10.2. The maximum atomic E-state index is 14.1. The van der Waals surface area contributed by atoms with Gasteiger partial charge in [-0.2, -0.15) is 9.36 Å². The number of ether oxygens (including phenoxy) is 1. The van der Waals surface area contributed by atoms with E-state index in [9.17, 15) is 9.18 Å². The Labute approximate surface area is 124 Å². The van der Waals surface area contributed by atoms with Crippen molar-refractivity contribution in [1.29, 1.82) is 0 Å². The van der Waals surface area contributed by atoms with Crippen LogP contribution in [0.15, 0.2) is 47.5 Å². The van der Waals surface area contributed by atoms with Gasteiger partial charge in [-0.25, -0.2) is 9.18 Å². The summed E-state index contributed by atoms with van der Waals surface area (Å²) in [6, 6.07) is 7.81. The molecule has 0 saturated carbocycles. The van der Waals surface area contributed by atoms with Crippen LogP contribution in [-0.2, 0) is 13.7 Å². The van der Waals surface area contributed by atoms with Gasteiger partial charge < -0.3 is 4.74 Å². The Hall–Kier alpha value is -3.03. The predicted octanol–water partition coefficient (Wildman–Crippen LogP) is 1.08. The third-order valence-electron chi connectivity index (χ3n) is 3.06. The molecule has 0 saturated heterocycles. The molecule has 0 atom stereocenters. The Balaban J connectivity index is 1.97. The quantitative estimate of drug-likeness (QED) is 0.721. The number of hydrogen-bond acceptors (Lipinski definition) is 5. The highest BCUT2D eigenvalue weighted by Gasteiger charge is 2.15. The van der Waals surface area contributed by atoms with Crippen LogP contribution >= 0.6 is 0 Å². The van der Waals surface area contributed by atoms with E-state index in [-0.39, 0.29) is 12.2 Å². The van der Waals surface area contributed by atoms with Crippen molar-refractivity contribution in [1.82, 2.24) is 24.8 Å². The van der Waals surface area contributed by atoms with Gasteiger partial charge in [0.1, 0.15) is 18.2 Å². The van der Waals surface area contributed by atoms with E-state index in [1.165, 1.54) is 25.4 Å². The van der Waals surface area contributed by atoms with E-state index in [1.807, 2.05) is 0 Å². The van der Waals surface area contributed by atoms with E-state index >= 15 is 0 Å². The Morgan fingerprint density at radius 1 is 1.23 bits per heavy atom. The van der Waals surface area contributed by atoms with Gasteiger partial charge in [-0.3, -0.25) is 4.98 Å². The standard InChI is InChI=1S/C14H12FN5O2/c1-19-14(21)20(18-17-19)13-6-2-5-12(15)11(13)9-22-10-4-3-7-16-8-10/h2-8H,9H2,1H3. The van der Waals surface area contributed by atoms with Crippen LogP contribution in [0.4, 0.5) is 4.39 Å². The highest BCUT2D eigenvalue weighted by Crippen LogP contribution is 2.19. The van der Waals surface area contributed by atoms with Crippen LogP contribution < -0.4 is 10.4 Å². The highest BCUT2D eigenvalue weighted by atomic mass is 19.1. The zero-order valence-electron chi connectivity index (χ0n) is 11.7. The van der Waals surface area contributed by atoms with Gasteiger partial charge in [-0.15, -0.1) is 0 Å². The number of aryl methyl sites for hydroxylation is 1. The lowest BCUT2D eigenvalue weighted by molar-refractivity contribution is 0.298. The van der Waals surface area contributed by atoms with Crippen LogP contribution in [0.25, 0.3) is 5.69 Å². The Kier molecular flexibility index (Phi) is 3.65. The lowest BCUT2D eigenvalue weighted by Gasteiger charge is -2.10. The van der Waals surface area contributed by atoms with Gasteiger partial charge in [-0.05, 0) is 34.7 Å². The Bertz CT molecular complexity index is 844. The summed E-state index contributed by atoms with van der Waals surface area (Å²) in [5, 5.41) is 7.35. The van der Waals surface area contributed by atoms with Crippen molar-refractivity contribution in [3.05, 3.63) is 64.6 Å². The largest absolute Gasteiger partial charge is 0.487 e. The summed E-state index contributed by atoms with van der Waals surface area (Å²) >= 11 is 0. The van der Waals surface area contributed by atoms with Crippen molar-refractivity contribution in [3.63, 3.8) is 0 Å². The normalized spacial score (nSPS) is 10.6. The minimum Gasteiger partial charge on any atom is -0.487 e. The molecule has 0 spiro atoms. The zero-order chi connectivity index (χ0) is 15.5. The second-order valence-corrected chi connectivity index (χ2v) is 4.51. The number of aromatic nitrogens is 5. The molecule has 3 aromatic rings. The van der Waals surface area contributed by atoms with Crippen molar-refractivity contribution in [2.45, 2.75) is 6.61 Å². The molecule has 0 fully saturated rings. The van der Waals surface area contributed by atoms with Crippen molar-refractivity contribution in [3.8, 4) is 11.4 Å². The number of pyridine rings is 1. The molecular weight excluding hydrogens is 289 g/mol. The summed E-state index contributed by atoms with van der Waals surface area (Å²) < 4.78 is 21.7. The molecule has 0 unspecified atom stereocenters. The first-order valence-corrected chi connectivity index (χ1v) is 6.46. The van der Waals surface area contributed by atoms with Gasteiger partial charge in [0.25, 0.3) is 0 Å². The van der Waals surface area contributed by atoms with E-state index in [2.05, 4.69) is 15.4 Å². The molecule has 0 aliphatic heterocycles. The molecule has 7 nitrogen and oxygen atoms in total. The summed E-state index contributed by atoms with van der Waals surface area (Å²) in [5.74, 6) is 0.0159. The minimum absolute atomic E-state index is 0.0588. The molecule has 22 heavy (non-hydrogen) atoms. The average Bonchev–Trinajstić information content (AvgIpc) is 2.86. The molecule has 0 aliphatic rings. The number of benzene rings is 1. The summed E-state index contributed by atoms with van der Waals surface area (Å²) in [6.45, 7) is -0.0588. The molecule has 3 rings (SSSR count). The second kappa shape index (κ2) is 5.76. The molecule has 2 heterocycles. The molecule has 0 amide bonds. The van der Waals surface area contributed by atoms with Gasteiger partial charge in [0, 0.05) is 13.2 Å². The number of hydrogen-bond donors (Lipinski definition) is 0. The predicted molar refractivity (Wildman–Crippen MR) is 75.1 cm³/mol. The monoisotopic (exact) mass is 301 g/mol. The summed E-state index contributed by atoms with van der Waals surface area (Å²) in [6.07, 6.45) is 3.13. The molecule has 0 N–H and O–H groups in total. The van der Waals surface area contributed by atoms with Crippen LogP contribution in [0.3, 0.4) is 0 Å². The van der Waals surface area contributed by atoms with Gasteiger partial charge in [0.05, 0.1) is 17.4 Å². The van der Waals surface area contributed by atoms with Gasteiger partial charge >= 0.3 is 5.69 Å². The average molecular weight is 301 g/mol. The van der Waals surface area contributed by atoms with Crippen molar-refractivity contribution in [2.75, 3.05) is 0 Å². The van der Waals surface area contributed by atoms with E-state index in [0.29, 0.717) is 11.4 Å². The third-order valence-corrected chi connectivity index (χ3v) is 3.06. The first-order valence-electron chi connectivity index (χ1n) is 6.46. The smallest absolute Gasteiger partial charge is 0.368 e. The third kappa shape index (κ3) is 2.58. The number of halogens is 1. The summed E-state index contributed by atoms with van der Waals surface area (Å²) in [4.78, 5) is 15.9. The maximum absolute atomic E-state index is 14.1. The van der Waals surface area contributed by atoms with Crippen LogP contribution in [0.1, 0.15) is 5.56 Å². The molecule has 1 aromatic carbocycles. The summed E-state index contributed by atoms with van der Waals surface area (Å²) in [7, 11) is 1.47. The molecule has 0 aliphatic carbocycles. The van der Waals surface area contributed by atoms with Crippen LogP contribution in [0.5, 0.6) is 5.75 Å². The van der Waals surface area contributed by atoms with E-state index in [0.717, 1.165) is 9.36 Å². The van der Waals surface area contributed by atoms with Crippen LogP contribution in [0, 0.1) is 5.82 Å². The summed E-state index contributed by atoms with van der Waals surface area (Å²) in [5.41, 5.74) is 0.0455. The van der Waals surface area contributed by atoms with Gasteiger partial charge in [0.15, 0.2) is 0 Å². The minimum atomic E-state index is -0.487. The van der Waals surface area contributed by atoms with Crippen LogP contribution in [0.2, 0.25) is 0 Å². The molecule has 8 heteroatoms. The number of nitrogens with zero attached hydrogens (tertiary/aromatic N) is 5. The maximum Gasteiger partial charge on any atom is 0.368 e. The van der Waals surface area contributed by atoms with Gasteiger partial charge in [0.2, 0.25) is 0 Å². The zero-order valence-corrected chi connectivity index (χ0v) is 11.7. The topological polar surface area (TPSA) is 74.8 Å². The fraction of sp³-hybridized carbons (Fsp3) is 0.143. The van der Waals surface area contributed by atoms with E-state index in [4.69, 9.17) is 4.74 Å². The molecule has 0 radical (unpaired) electrons. The molecular formula is C14H12FN5O2. The SMILES string of the molecule is Cn1nnn(-c2cccc(F)c2COc2cccnc2)c1=O. The van der Waals surface area contributed by atoms with Crippen LogP contribution in [-0.4, -0.2) is 24.8 Å². The fourth-order valence-electron chi connectivity index (χ4n) is 1.94. The molecule has 2 aromatic heterocycles. The Morgan fingerprint density at radius 2 is 2.09 bits per heavy atom. The van der Waals surface area contributed by atoms with E-state index in [1.54, 1.807) is 24.4 Å². The number of tetrazole rings is 1. The highest BCUT2D eigenvalue weighted by molar-refractivity contribution is 5.40. The molecule has 0 bridgehead atoms. The first-order chi connectivity index (χ1) is 10.7. The fourth-order valence-corrected chi connectivity index (χ4v) is 1.94. The van der Waals surface area contributed by atoms with Crippen molar-refractivity contribution >= 4 is 0 Å². The lowest BCUT2D eigenvalue weighted by Crippen LogP contribution is -2.23. The molecule has 112 valence electrons. The Morgan fingerprint density at radius 3 is 2.77 bits per heavy atom. The van der Waals surface area contributed by atoms with Crippen molar-refractivity contribution in [2.24, 2.45) is 7.05 Å². The van der Waals surface area contributed by atoms with Gasteiger partial charge in [-0.1, -0.05) is 6.07 Å². The first kappa shape index (κ1) is 13.9. The second-order valence-electron chi connectivity index (χ2n) is 4.51. The van der Waals surface area contributed by atoms with Crippen molar-refractivity contribution < 1.29 is 9.13 Å². The number of rotatable bonds is 4.